The maximum atomic E-state index is 5.77. The SMILES string of the molecule is COCCN1C(N)=NCC1C(C)C. The third kappa shape index (κ3) is 2.34. The van der Waals surface area contributed by atoms with E-state index >= 15 is 0 Å². The van der Waals surface area contributed by atoms with Crippen LogP contribution in [0.5, 0.6) is 0 Å². The Hall–Kier alpha value is -0.770. The van der Waals surface area contributed by atoms with Gasteiger partial charge in [-0.2, -0.15) is 0 Å². The molecule has 0 spiro atoms. The van der Waals surface area contributed by atoms with Crippen LogP contribution in [-0.2, 0) is 4.74 Å². The van der Waals surface area contributed by atoms with Crippen molar-refractivity contribution in [3.05, 3.63) is 0 Å². The zero-order valence-corrected chi connectivity index (χ0v) is 8.66. The fraction of sp³-hybridized carbons (Fsp3) is 0.889. The summed E-state index contributed by atoms with van der Waals surface area (Å²) in [6.07, 6.45) is 0. The lowest BCUT2D eigenvalue weighted by Crippen LogP contribution is -2.44. The zero-order valence-electron chi connectivity index (χ0n) is 8.66. The number of nitrogens with two attached hydrogens (primary N) is 1. The molecule has 0 aromatic rings. The first-order valence-electron chi connectivity index (χ1n) is 4.72. The predicted molar refractivity (Wildman–Crippen MR) is 53.7 cm³/mol. The number of ether oxygens (including phenoxy) is 1. The first-order chi connectivity index (χ1) is 6.16. The van der Waals surface area contributed by atoms with Crippen molar-refractivity contribution in [1.29, 1.82) is 0 Å². The van der Waals surface area contributed by atoms with Crippen molar-refractivity contribution in [1.82, 2.24) is 4.90 Å². The van der Waals surface area contributed by atoms with E-state index in [4.69, 9.17) is 10.5 Å². The Labute approximate surface area is 79.8 Å². The van der Waals surface area contributed by atoms with E-state index in [1.807, 2.05) is 0 Å². The van der Waals surface area contributed by atoms with Crippen molar-refractivity contribution in [2.75, 3.05) is 26.8 Å². The molecule has 0 amide bonds. The standard InChI is InChI=1S/C9H19N3O/c1-7(2)8-6-11-9(10)12(8)4-5-13-3/h7-8H,4-6H2,1-3H3,(H2,10,11). The van der Waals surface area contributed by atoms with Gasteiger partial charge in [-0.15, -0.1) is 0 Å². The molecule has 0 aliphatic carbocycles. The monoisotopic (exact) mass is 185 g/mol. The lowest BCUT2D eigenvalue weighted by Gasteiger charge is -2.28. The molecule has 1 heterocycles. The quantitative estimate of drug-likeness (QED) is 0.685. The number of methoxy groups -OCH3 is 1. The molecule has 0 saturated carbocycles. The van der Waals surface area contributed by atoms with Gasteiger partial charge in [-0.1, -0.05) is 13.8 Å². The molecule has 2 N–H and O–H groups in total. The molecule has 76 valence electrons. The van der Waals surface area contributed by atoms with E-state index in [1.54, 1.807) is 7.11 Å². The zero-order chi connectivity index (χ0) is 9.84. The van der Waals surface area contributed by atoms with E-state index in [-0.39, 0.29) is 0 Å². The van der Waals surface area contributed by atoms with Crippen LogP contribution < -0.4 is 5.73 Å². The van der Waals surface area contributed by atoms with Gasteiger partial charge in [-0.25, -0.2) is 0 Å². The largest absolute Gasteiger partial charge is 0.383 e. The topological polar surface area (TPSA) is 50.9 Å². The van der Waals surface area contributed by atoms with E-state index in [2.05, 4.69) is 23.7 Å². The minimum atomic E-state index is 0.454. The summed E-state index contributed by atoms with van der Waals surface area (Å²) in [6, 6.07) is 0.454. The van der Waals surface area contributed by atoms with Crippen molar-refractivity contribution in [3.63, 3.8) is 0 Å². The lowest BCUT2D eigenvalue weighted by atomic mass is 10.0. The molecule has 4 heteroatoms. The van der Waals surface area contributed by atoms with E-state index in [9.17, 15) is 0 Å². The summed E-state index contributed by atoms with van der Waals surface area (Å²) in [4.78, 5) is 6.37. The van der Waals surface area contributed by atoms with Gasteiger partial charge in [0.2, 0.25) is 0 Å². The summed E-state index contributed by atoms with van der Waals surface area (Å²) >= 11 is 0. The molecule has 0 fully saturated rings. The Balaban J connectivity index is 2.50. The lowest BCUT2D eigenvalue weighted by molar-refractivity contribution is 0.156. The normalized spacial score (nSPS) is 22.6. The highest BCUT2D eigenvalue weighted by Crippen LogP contribution is 2.15. The Kier molecular flexibility index (Phi) is 3.54. The highest BCUT2D eigenvalue weighted by atomic mass is 16.5. The molecule has 0 saturated heterocycles. The molecular formula is C9H19N3O. The van der Waals surface area contributed by atoms with Gasteiger partial charge in [0.15, 0.2) is 5.96 Å². The van der Waals surface area contributed by atoms with Crippen LogP contribution in [0.25, 0.3) is 0 Å². The number of aliphatic imine (C=N–C) groups is 1. The average molecular weight is 185 g/mol. The molecule has 0 aromatic heterocycles. The number of hydrogen-bond acceptors (Lipinski definition) is 4. The Morgan fingerprint density at radius 1 is 1.69 bits per heavy atom. The number of hydrogen-bond donors (Lipinski definition) is 1. The van der Waals surface area contributed by atoms with Crippen LogP contribution in [0, 0.1) is 5.92 Å². The number of guanidine groups is 1. The highest BCUT2D eigenvalue weighted by Gasteiger charge is 2.27. The van der Waals surface area contributed by atoms with E-state index in [1.165, 1.54) is 0 Å². The van der Waals surface area contributed by atoms with Crippen LogP contribution in [0.4, 0.5) is 0 Å². The summed E-state index contributed by atoms with van der Waals surface area (Å²) in [7, 11) is 1.70. The van der Waals surface area contributed by atoms with Gasteiger partial charge in [-0.3, -0.25) is 4.99 Å². The maximum absolute atomic E-state index is 5.77. The van der Waals surface area contributed by atoms with Crippen LogP contribution >= 0.6 is 0 Å². The van der Waals surface area contributed by atoms with Crippen molar-refractivity contribution in [3.8, 4) is 0 Å². The van der Waals surface area contributed by atoms with Crippen LogP contribution in [0.2, 0.25) is 0 Å². The van der Waals surface area contributed by atoms with Crippen molar-refractivity contribution in [2.45, 2.75) is 19.9 Å². The predicted octanol–water partition coefficient (Wildman–Crippen LogP) is 0.288. The third-order valence-corrected chi connectivity index (χ3v) is 2.44. The van der Waals surface area contributed by atoms with Gasteiger partial charge in [0.05, 0.1) is 19.2 Å². The fourth-order valence-electron chi connectivity index (χ4n) is 1.59. The van der Waals surface area contributed by atoms with E-state index < -0.39 is 0 Å². The molecule has 0 radical (unpaired) electrons. The van der Waals surface area contributed by atoms with Gasteiger partial charge in [0.1, 0.15) is 0 Å². The first kappa shape index (κ1) is 10.3. The summed E-state index contributed by atoms with van der Waals surface area (Å²) in [5, 5.41) is 0. The molecule has 0 bridgehead atoms. The number of rotatable bonds is 4. The highest BCUT2D eigenvalue weighted by molar-refractivity contribution is 5.80. The van der Waals surface area contributed by atoms with Gasteiger partial charge >= 0.3 is 0 Å². The van der Waals surface area contributed by atoms with Crippen molar-refractivity contribution in [2.24, 2.45) is 16.6 Å². The van der Waals surface area contributed by atoms with Gasteiger partial charge in [-0.05, 0) is 5.92 Å². The second-order valence-corrected chi connectivity index (χ2v) is 3.70. The first-order valence-corrected chi connectivity index (χ1v) is 4.72. The van der Waals surface area contributed by atoms with E-state index in [0.29, 0.717) is 24.5 Å². The van der Waals surface area contributed by atoms with Crippen LogP contribution in [0.1, 0.15) is 13.8 Å². The second-order valence-electron chi connectivity index (χ2n) is 3.70. The molecule has 13 heavy (non-hydrogen) atoms. The summed E-state index contributed by atoms with van der Waals surface area (Å²) in [5.41, 5.74) is 5.77. The minimum absolute atomic E-state index is 0.454. The Morgan fingerprint density at radius 3 is 2.92 bits per heavy atom. The average Bonchev–Trinajstić information content (AvgIpc) is 2.43. The van der Waals surface area contributed by atoms with E-state index in [0.717, 1.165) is 13.1 Å². The van der Waals surface area contributed by atoms with Crippen LogP contribution in [0.3, 0.4) is 0 Å². The maximum Gasteiger partial charge on any atom is 0.191 e. The third-order valence-electron chi connectivity index (χ3n) is 2.44. The minimum Gasteiger partial charge on any atom is -0.383 e. The summed E-state index contributed by atoms with van der Waals surface area (Å²) < 4.78 is 5.03. The van der Waals surface area contributed by atoms with Gasteiger partial charge < -0.3 is 15.4 Å². The molecule has 1 aliphatic heterocycles. The molecule has 1 rings (SSSR count). The summed E-state index contributed by atoms with van der Waals surface area (Å²) in [5.74, 6) is 1.25. The molecule has 1 aliphatic rings. The Morgan fingerprint density at radius 2 is 2.38 bits per heavy atom. The molecule has 4 nitrogen and oxygen atoms in total. The van der Waals surface area contributed by atoms with Crippen molar-refractivity contribution < 1.29 is 4.74 Å². The van der Waals surface area contributed by atoms with Crippen LogP contribution in [-0.4, -0.2) is 43.7 Å². The second kappa shape index (κ2) is 4.46. The summed E-state index contributed by atoms with van der Waals surface area (Å²) in [6.45, 7) is 6.76. The number of nitrogens with zero attached hydrogens (tertiary/aromatic N) is 2. The van der Waals surface area contributed by atoms with Crippen LogP contribution in [0.15, 0.2) is 4.99 Å². The molecular weight excluding hydrogens is 166 g/mol. The van der Waals surface area contributed by atoms with Crippen molar-refractivity contribution >= 4 is 5.96 Å². The van der Waals surface area contributed by atoms with Gasteiger partial charge in [0.25, 0.3) is 0 Å². The molecule has 1 atom stereocenters. The molecule has 0 aromatic carbocycles. The van der Waals surface area contributed by atoms with Gasteiger partial charge in [0, 0.05) is 13.7 Å². The smallest absolute Gasteiger partial charge is 0.191 e. The molecule has 1 unspecified atom stereocenters. The fourth-order valence-corrected chi connectivity index (χ4v) is 1.59. The Bertz CT molecular complexity index is 191.